The summed E-state index contributed by atoms with van der Waals surface area (Å²) in [7, 11) is 0. The third kappa shape index (κ3) is 3.39. The predicted octanol–water partition coefficient (Wildman–Crippen LogP) is 3.51. The van der Waals surface area contributed by atoms with E-state index in [9.17, 15) is 19.3 Å². The lowest BCUT2D eigenvalue weighted by Gasteiger charge is -2.14. The lowest BCUT2D eigenvalue weighted by Crippen LogP contribution is -2.25. The van der Waals surface area contributed by atoms with E-state index in [1.807, 2.05) is 0 Å². The first-order valence-electron chi connectivity index (χ1n) is 6.68. The maximum atomic E-state index is 13.8. The molecule has 0 aliphatic rings. The summed E-state index contributed by atoms with van der Waals surface area (Å²) in [6, 6.07) is 3.42. The molecule has 0 fully saturated rings. The number of aryl methyl sites for hydroxylation is 1. The molecule has 1 amide bonds. The van der Waals surface area contributed by atoms with Crippen molar-refractivity contribution in [1.82, 2.24) is 9.78 Å². The fourth-order valence-electron chi connectivity index (χ4n) is 2.23. The number of rotatable bonds is 4. The average Bonchev–Trinajstić information content (AvgIpc) is 2.76. The SMILES string of the molecule is Cc1nn([C@H](C)C(=O)Nc2ccc(Br)cc2F)c(C)c1[N+](=O)[O-]. The molecular weight excluding hydrogens is 371 g/mol. The van der Waals surface area contributed by atoms with Gasteiger partial charge in [-0.05, 0) is 39.0 Å². The maximum Gasteiger partial charge on any atom is 0.312 e. The van der Waals surface area contributed by atoms with Crippen molar-refractivity contribution in [2.75, 3.05) is 5.32 Å². The van der Waals surface area contributed by atoms with Crippen molar-refractivity contribution in [2.45, 2.75) is 26.8 Å². The largest absolute Gasteiger partial charge is 0.322 e. The minimum absolute atomic E-state index is 0.0288. The van der Waals surface area contributed by atoms with Gasteiger partial charge in [0.1, 0.15) is 23.2 Å². The Morgan fingerprint density at radius 1 is 1.48 bits per heavy atom. The third-order valence-electron chi connectivity index (χ3n) is 3.40. The lowest BCUT2D eigenvalue weighted by atomic mass is 10.2. The molecule has 2 aromatic rings. The van der Waals surface area contributed by atoms with Crippen molar-refractivity contribution >= 4 is 33.2 Å². The minimum Gasteiger partial charge on any atom is -0.322 e. The molecule has 0 aliphatic carbocycles. The second-order valence-corrected chi connectivity index (χ2v) is 5.93. The van der Waals surface area contributed by atoms with Crippen LogP contribution in [0.1, 0.15) is 24.4 Å². The van der Waals surface area contributed by atoms with Crippen LogP contribution >= 0.6 is 15.9 Å². The fourth-order valence-corrected chi connectivity index (χ4v) is 2.57. The number of anilines is 1. The molecule has 9 heteroatoms. The molecule has 1 N–H and O–H groups in total. The Morgan fingerprint density at radius 3 is 2.65 bits per heavy atom. The highest BCUT2D eigenvalue weighted by Gasteiger charge is 2.27. The molecule has 1 heterocycles. The van der Waals surface area contributed by atoms with Crippen LogP contribution in [-0.2, 0) is 4.79 Å². The number of hydrogen-bond acceptors (Lipinski definition) is 4. The van der Waals surface area contributed by atoms with Crippen molar-refractivity contribution in [2.24, 2.45) is 0 Å². The highest BCUT2D eigenvalue weighted by molar-refractivity contribution is 9.10. The van der Waals surface area contributed by atoms with E-state index in [1.165, 1.54) is 37.6 Å². The van der Waals surface area contributed by atoms with Gasteiger partial charge < -0.3 is 5.32 Å². The third-order valence-corrected chi connectivity index (χ3v) is 3.90. The average molecular weight is 385 g/mol. The molecule has 0 spiro atoms. The zero-order chi connectivity index (χ0) is 17.3. The highest BCUT2D eigenvalue weighted by atomic mass is 79.9. The first-order valence-corrected chi connectivity index (χ1v) is 7.47. The van der Waals surface area contributed by atoms with E-state index in [0.29, 0.717) is 4.47 Å². The van der Waals surface area contributed by atoms with Gasteiger partial charge in [-0.25, -0.2) is 4.39 Å². The summed E-state index contributed by atoms with van der Waals surface area (Å²) in [5.41, 5.74) is 0.397. The Bertz CT molecular complexity index is 791. The molecule has 23 heavy (non-hydrogen) atoms. The Labute approximate surface area is 139 Å². The molecule has 2 rings (SSSR count). The number of nitro groups is 1. The normalized spacial score (nSPS) is 12.0. The van der Waals surface area contributed by atoms with Gasteiger partial charge in [-0.1, -0.05) is 15.9 Å². The van der Waals surface area contributed by atoms with E-state index in [1.54, 1.807) is 6.07 Å². The summed E-state index contributed by atoms with van der Waals surface area (Å²) >= 11 is 3.13. The number of hydrogen-bond donors (Lipinski definition) is 1. The molecule has 0 bridgehead atoms. The van der Waals surface area contributed by atoms with E-state index in [2.05, 4.69) is 26.3 Å². The summed E-state index contributed by atoms with van der Waals surface area (Å²) in [6.07, 6.45) is 0. The van der Waals surface area contributed by atoms with E-state index in [-0.39, 0.29) is 22.8 Å². The van der Waals surface area contributed by atoms with Crippen LogP contribution in [-0.4, -0.2) is 20.6 Å². The van der Waals surface area contributed by atoms with E-state index in [4.69, 9.17) is 0 Å². The van der Waals surface area contributed by atoms with Crippen molar-refractivity contribution in [3.63, 3.8) is 0 Å². The smallest absolute Gasteiger partial charge is 0.312 e. The van der Waals surface area contributed by atoms with Crippen LogP contribution in [0.25, 0.3) is 0 Å². The van der Waals surface area contributed by atoms with E-state index in [0.717, 1.165) is 0 Å². The van der Waals surface area contributed by atoms with Gasteiger partial charge in [0.15, 0.2) is 0 Å². The quantitative estimate of drug-likeness (QED) is 0.644. The molecule has 0 radical (unpaired) electrons. The minimum atomic E-state index is -0.828. The molecular formula is C14H14BrFN4O3. The van der Waals surface area contributed by atoms with Gasteiger partial charge in [0.05, 0.1) is 10.6 Å². The number of aromatic nitrogens is 2. The van der Waals surface area contributed by atoms with Crippen LogP contribution < -0.4 is 5.32 Å². The Balaban J connectivity index is 2.27. The Kier molecular flexibility index (Phi) is 4.79. The van der Waals surface area contributed by atoms with Gasteiger partial charge >= 0.3 is 5.69 Å². The van der Waals surface area contributed by atoms with Crippen LogP contribution in [0.2, 0.25) is 0 Å². The van der Waals surface area contributed by atoms with Crippen LogP contribution in [0.3, 0.4) is 0 Å². The topological polar surface area (TPSA) is 90.1 Å². The summed E-state index contributed by atoms with van der Waals surface area (Å²) in [5, 5.41) is 17.5. The highest BCUT2D eigenvalue weighted by Crippen LogP contribution is 2.26. The van der Waals surface area contributed by atoms with Crippen molar-refractivity contribution in [3.05, 3.63) is 50.0 Å². The van der Waals surface area contributed by atoms with E-state index >= 15 is 0 Å². The van der Waals surface area contributed by atoms with Crippen molar-refractivity contribution < 1.29 is 14.1 Å². The fraction of sp³-hybridized carbons (Fsp3) is 0.286. The zero-order valence-electron chi connectivity index (χ0n) is 12.6. The number of carbonyl (C=O) groups excluding carboxylic acids is 1. The molecule has 1 aromatic heterocycles. The first-order chi connectivity index (χ1) is 10.7. The summed E-state index contributed by atoms with van der Waals surface area (Å²) in [4.78, 5) is 22.8. The molecule has 0 unspecified atom stereocenters. The van der Waals surface area contributed by atoms with Crippen LogP contribution in [0.15, 0.2) is 22.7 Å². The zero-order valence-corrected chi connectivity index (χ0v) is 14.2. The van der Waals surface area contributed by atoms with Gasteiger partial charge in [-0.3, -0.25) is 19.6 Å². The molecule has 1 aromatic carbocycles. The van der Waals surface area contributed by atoms with Crippen LogP contribution in [0.5, 0.6) is 0 Å². The molecule has 0 aliphatic heterocycles. The summed E-state index contributed by atoms with van der Waals surface area (Å²) < 4.78 is 15.6. The van der Waals surface area contributed by atoms with Crippen LogP contribution in [0.4, 0.5) is 15.8 Å². The molecule has 1 atom stereocenters. The molecule has 7 nitrogen and oxygen atoms in total. The van der Waals surface area contributed by atoms with Crippen molar-refractivity contribution in [1.29, 1.82) is 0 Å². The number of amides is 1. The maximum absolute atomic E-state index is 13.8. The number of nitrogens with one attached hydrogen (secondary N) is 1. The monoisotopic (exact) mass is 384 g/mol. The second-order valence-electron chi connectivity index (χ2n) is 5.01. The molecule has 122 valence electrons. The number of carbonyl (C=O) groups is 1. The Hall–Kier alpha value is -2.29. The number of benzene rings is 1. The van der Waals surface area contributed by atoms with Crippen LogP contribution in [0, 0.1) is 29.8 Å². The summed E-state index contributed by atoms with van der Waals surface area (Å²) in [6.45, 7) is 4.55. The number of nitrogens with zero attached hydrogens (tertiary/aromatic N) is 3. The first kappa shape index (κ1) is 17.1. The second kappa shape index (κ2) is 6.45. The standard InChI is InChI=1S/C14H14BrFN4O3/c1-7-13(20(22)23)8(2)19(18-7)9(3)14(21)17-12-5-4-10(15)6-11(12)16/h4-6,9H,1-3H3,(H,17,21)/t9-/m1/s1. The number of halogens is 2. The Morgan fingerprint density at radius 2 is 2.13 bits per heavy atom. The van der Waals surface area contributed by atoms with E-state index < -0.39 is 22.7 Å². The van der Waals surface area contributed by atoms with Gasteiger partial charge in [0.25, 0.3) is 0 Å². The molecule has 0 saturated heterocycles. The summed E-state index contributed by atoms with van der Waals surface area (Å²) in [5.74, 6) is -1.11. The van der Waals surface area contributed by atoms with Gasteiger partial charge in [-0.2, -0.15) is 5.10 Å². The predicted molar refractivity (Wildman–Crippen MR) is 85.8 cm³/mol. The van der Waals surface area contributed by atoms with Gasteiger partial charge in [0, 0.05) is 4.47 Å². The van der Waals surface area contributed by atoms with Crippen molar-refractivity contribution in [3.8, 4) is 0 Å². The van der Waals surface area contributed by atoms with Gasteiger partial charge in [0.2, 0.25) is 5.91 Å². The lowest BCUT2D eigenvalue weighted by molar-refractivity contribution is -0.386. The molecule has 0 saturated carbocycles. The van der Waals surface area contributed by atoms with Gasteiger partial charge in [-0.15, -0.1) is 0 Å².